The monoisotopic (exact) mass is 379 g/mol. The second-order valence-electron chi connectivity index (χ2n) is 6.44. The van der Waals surface area contributed by atoms with Gasteiger partial charge >= 0.3 is 0 Å². The molecule has 3 rings (SSSR count). The topological polar surface area (TPSA) is 88.6 Å². The molecule has 0 aromatic heterocycles. The lowest BCUT2D eigenvalue weighted by molar-refractivity contribution is -0.384. The Kier molecular flexibility index (Phi) is 5.80. The molecule has 144 valence electrons. The first-order chi connectivity index (χ1) is 13.6. The van der Waals surface area contributed by atoms with E-state index in [4.69, 9.17) is 9.47 Å². The SMILES string of the molecule is COc1cc(N2CCCC2)c(OC)cc1/C=C(\C#N)c1cccc([N+](=O)[O-])c1. The summed E-state index contributed by atoms with van der Waals surface area (Å²) in [6.07, 6.45) is 3.94. The average molecular weight is 379 g/mol. The van der Waals surface area contributed by atoms with Crippen LogP contribution in [0.1, 0.15) is 24.0 Å². The fraction of sp³-hybridized carbons (Fsp3) is 0.286. The van der Waals surface area contributed by atoms with E-state index in [9.17, 15) is 15.4 Å². The Labute approximate surface area is 163 Å². The summed E-state index contributed by atoms with van der Waals surface area (Å²) in [7, 11) is 3.19. The van der Waals surface area contributed by atoms with Gasteiger partial charge in [-0.25, -0.2) is 0 Å². The summed E-state index contributed by atoms with van der Waals surface area (Å²) in [5.41, 5.74) is 2.35. The van der Waals surface area contributed by atoms with E-state index in [-0.39, 0.29) is 5.69 Å². The minimum absolute atomic E-state index is 0.0624. The number of methoxy groups -OCH3 is 2. The maximum Gasteiger partial charge on any atom is 0.270 e. The largest absolute Gasteiger partial charge is 0.496 e. The van der Waals surface area contributed by atoms with Gasteiger partial charge < -0.3 is 14.4 Å². The number of hydrogen-bond donors (Lipinski definition) is 0. The van der Waals surface area contributed by atoms with Gasteiger partial charge in [-0.15, -0.1) is 0 Å². The number of nitro benzene ring substituents is 1. The third-order valence-corrected chi connectivity index (χ3v) is 4.77. The van der Waals surface area contributed by atoms with Gasteiger partial charge in [0.25, 0.3) is 5.69 Å². The molecule has 0 N–H and O–H groups in total. The van der Waals surface area contributed by atoms with E-state index in [1.807, 2.05) is 12.1 Å². The Hall–Kier alpha value is -3.53. The molecular weight excluding hydrogens is 358 g/mol. The average Bonchev–Trinajstić information content (AvgIpc) is 3.26. The van der Waals surface area contributed by atoms with Gasteiger partial charge in [-0.1, -0.05) is 12.1 Å². The van der Waals surface area contributed by atoms with Crippen molar-refractivity contribution in [3.8, 4) is 17.6 Å². The summed E-state index contributed by atoms with van der Waals surface area (Å²) in [4.78, 5) is 12.8. The smallest absolute Gasteiger partial charge is 0.270 e. The Bertz CT molecular complexity index is 957. The van der Waals surface area contributed by atoms with Crippen molar-refractivity contribution in [2.24, 2.45) is 0 Å². The van der Waals surface area contributed by atoms with Gasteiger partial charge in [-0.05, 0) is 30.5 Å². The van der Waals surface area contributed by atoms with E-state index in [0.29, 0.717) is 28.2 Å². The zero-order valence-electron chi connectivity index (χ0n) is 15.8. The lowest BCUT2D eigenvalue weighted by Crippen LogP contribution is -2.18. The van der Waals surface area contributed by atoms with Crippen LogP contribution >= 0.6 is 0 Å². The molecule has 1 aliphatic heterocycles. The maximum absolute atomic E-state index is 11.0. The molecule has 1 fully saturated rings. The Morgan fingerprint density at radius 1 is 1.18 bits per heavy atom. The first-order valence-corrected chi connectivity index (χ1v) is 8.95. The first kappa shape index (κ1) is 19.2. The zero-order chi connectivity index (χ0) is 20.1. The van der Waals surface area contributed by atoms with Crippen LogP contribution in [0.2, 0.25) is 0 Å². The van der Waals surface area contributed by atoms with Gasteiger partial charge in [0.2, 0.25) is 0 Å². The normalized spacial score (nSPS) is 13.9. The van der Waals surface area contributed by atoms with E-state index >= 15 is 0 Å². The number of nitro groups is 1. The zero-order valence-corrected chi connectivity index (χ0v) is 15.8. The molecule has 7 nitrogen and oxygen atoms in total. The van der Waals surface area contributed by atoms with Crippen molar-refractivity contribution < 1.29 is 14.4 Å². The van der Waals surface area contributed by atoms with Crippen LogP contribution in [0.3, 0.4) is 0 Å². The first-order valence-electron chi connectivity index (χ1n) is 8.95. The Morgan fingerprint density at radius 3 is 2.50 bits per heavy atom. The lowest BCUT2D eigenvalue weighted by Gasteiger charge is -2.22. The van der Waals surface area contributed by atoms with Gasteiger partial charge in [0, 0.05) is 36.9 Å². The number of nitrogens with zero attached hydrogens (tertiary/aromatic N) is 3. The van der Waals surface area contributed by atoms with Crippen LogP contribution in [0, 0.1) is 21.4 Å². The summed E-state index contributed by atoms with van der Waals surface area (Å²) >= 11 is 0. The molecule has 1 saturated heterocycles. The van der Waals surface area contributed by atoms with Crippen molar-refractivity contribution in [2.45, 2.75) is 12.8 Å². The van der Waals surface area contributed by atoms with E-state index < -0.39 is 4.92 Å². The van der Waals surface area contributed by atoms with Gasteiger partial charge in [0.15, 0.2) is 0 Å². The summed E-state index contributed by atoms with van der Waals surface area (Å²) in [5.74, 6) is 1.31. The van der Waals surface area contributed by atoms with Gasteiger partial charge in [0.05, 0.1) is 36.5 Å². The number of benzene rings is 2. The number of allylic oxidation sites excluding steroid dienone is 1. The lowest BCUT2D eigenvalue weighted by atomic mass is 10.0. The number of nitriles is 1. The standard InChI is InChI=1S/C21H21N3O4/c1-27-20-13-19(23-8-3-4-9-23)21(28-2)12-16(20)10-17(14-22)15-6-5-7-18(11-15)24(25)26/h5-7,10-13H,3-4,8-9H2,1-2H3/b17-10+. The van der Waals surface area contributed by atoms with Crippen molar-refractivity contribution in [2.75, 3.05) is 32.2 Å². The van der Waals surface area contributed by atoms with E-state index in [2.05, 4.69) is 11.0 Å². The molecule has 0 radical (unpaired) electrons. The molecular formula is C21H21N3O4. The number of rotatable bonds is 6. The molecule has 0 bridgehead atoms. The Morgan fingerprint density at radius 2 is 1.89 bits per heavy atom. The van der Waals surface area contributed by atoms with Crippen molar-refractivity contribution in [3.63, 3.8) is 0 Å². The molecule has 7 heteroatoms. The number of ether oxygens (including phenoxy) is 2. The van der Waals surface area contributed by atoms with Crippen molar-refractivity contribution in [1.82, 2.24) is 0 Å². The Balaban J connectivity index is 2.07. The maximum atomic E-state index is 11.0. The molecule has 0 spiro atoms. The van der Waals surface area contributed by atoms with Crippen molar-refractivity contribution >= 4 is 23.0 Å². The van der Waals surface area contributed by atoms with Crippen LogP contribution in [-0.2, 0) is 0 Å². The predicted octanol–water partition coefficient (Wildman–Crippen LogP) is 4.28. The van der Waals surface area contributed by atoms with Gasteiger partial charge in [-0.3, -0.25) is 10.1 Å². The highest BCUT2D eigenvalue weighted by molar-refractivity contribution is 5.92. The molecule has 0 atom stereocenters. The van der Waals surface area contributed by atoms with Crippen molar-refractivity contribution in [3.05, 3.63) is 57.6 Å². The molecule has 2 aromatic carbocycles. The van der Waals surface area contributed by atoms with E-state index in [0.717, 1.165) is 31.6 Å². The number of hydrogen-bond acceptors (Lipinski definition) is 6. The highest BCUT2D eigenvalue weighted by Gasteiger charge is 2.19. The molecule has 2 aromatic rings. The quantitative estimate of drug-likeness (QED) is 0.322. The van der Waals surface area contributed by atoms with Crippen LogP contribution in [0.25, 0.3) is 11.6 Å². The molecule has 0 saturated carbocycles. The minimum Gasteiger partial charge on any atom is -0.496 e. The van der Waals surface area contributed by atoms with E-state index in [1.165, 1.54) is 12.1 Å². The van der Waals surface area contributed by atoms with Crippen molar-refractivity contribution in [1.29, 1.82) is 5.26 Å². The summed E-state index contributed by atoms with van der Waals surface area (Å²) in [6, 6.07) is 11.9. The van der Waals surface area contributed by atoms with E-state index in [1.54, 1.807) is 32.4 Å². The summed E-state index contributed by atoms with van der Waals surface area (Å²) in [5, 5.41) is 20.7. The molecule has 0 aliphatic carbocycles. The van der Waals surface area contributed by atoms with Crippen LogP contribution in [0.5, 0.6) is 11.5 Å². The predicted molar refractivity (Wildman–Crippen MR) is 108 cm³/mol. The van der Waals surface area contributed by atoms with Crippen LogP contribution < -0.4 is 14.4 Å². The summed E-state index contributed by atoms with van der Waals surface area (Å²) in [6.45, 7) is 1.93. The van der Waals surface area contributed by atoms with Crippen LogP contribution in [-0.4, -0.2) is 32.2 Å². The van der Waals surface area contributed by atoms with Gasteiger partial charge in [0.1, 0.15) is 11.5 Å². The molecule has 0 unspecified atom stereocenters. The molecule has 28 heavy (non-hydrogen) atoms. The van der Waals surface area contributed by atoms with Crippen LogP contribution in [0.15, 0.2) is 36.4 Å². The molecule has 0 amide bonds. The second kappa shape index (κ2) is 8.44. The highest BCUT2D eigenvalue weighted by Crippen LogP contribution is 2.38. The van der Waals surface area contributed by atoms with Gasteiger partial charge in [-0.2, -0.15) is 5.26 Å². The molecule has 1 aliphatic rings. The third-order valence-electron chi connectivity index (χ3n) is 4.77. The minimum atomic E-state index is -0.479. The summed E-state index contributed by atoms with van der Waals surface area (Å²) < 4.78 is 11.1. The van der Waals surface area contributed by atoms with Crippen LogP contribution in [0.4, 0.5) is 11.4 Å². The highest BCUT2D eigenvalue weighted by atomic mass is 16.6. The fourth-order valence-electron chi connectivity index (χ4n) is 3.35. The fourth-order valence-corrected chi connectivity index (χ4v) is 3.35. The molecule has 1 heterocycles. The third kappa shape index (κ3) is 3.91. The second-order valence-corrected chi connectivity index (χ2v) is 6.44. The number of non-ortho nitro benzene ring substituents is 1. The number of anilines is 1.